The maximum atomic E-state index is 13.6. The number of hydrogen-bond donors (Lipinski definition) is 1. The van der Waals surface area contributed by atoms with E-state index >= 15 is 0 Å². The Morgan fingerprint density at radius 1 is 1.39 bits per heavy atom. The van der Waals surface area contributed by atoms with Crippen molar-refractivity contribution < 1.29 is 8.78 Å². The second-order valence-electron chi connectivity index (χ2n) is 4.08. The van der Waals surface area contributed by atoms with Crippen molar-refractivity contribution in [2.75, 3.05) is 0 Å². The number of aromatic nitrogens is 2. The molecule has 1 atom stereocenters. The molecule has 1 heterocycles. The van der Waals surface area contributed by atoms with Crippen LogP contribution in [0.25, 0.3) is 0 Å². The van der Waals surface area contributed by atoms with Crippen LogP contribution in [0.5, 0.6) is 0 Å². The summed E-state index contributed by atoms with van der Waals surface area (Å²) < 4.78 is 28.5. The lowest BCUT2D eigenvalue weighted by Gasteiger charge is -2.12. The highest BCUT2D eigenvalue weighted by Crippen LogP contribution is 2.24. The lowest BCUT2D eigenvalue weighted by Crippen LogP contribution is -2.16. The van der Waals surface area contributed by atoms with Gasteiger partial charge in [0.2, 0.25) is 0 Å². The molecule has 0 saturated carbocycles. The van der Waals surface area contributed by atoms with Gasteiger partial charge in [0.25, 0.3) is 0 Å². The number of hydrogen-bond acceptors (Lipinski definition) is 2. The summed E-state index contributed by atoms with van der Waals surface area (Å²) in [6.07, 6.45) is 2.10. The third-order valence-corrected chi connectivity index (χ3v) is 2.93. The summed E-state index contributed by atoms with van der Waals surface area (Å²) >= 11 is 5.48. The Balaban J connectivity index is 2.23. The third kappa shape index (κ3) is 2.68. The fourth-order valence-corrected chi connectivity index (χ4v) is 1.88. The number of rotatable bonds is 3. The van der Waals surface area contributed by atoms with Gasteiger partial charge in [0.05, 0.1) is 10.7 Å². The molecule has 0 bridgehead atoms. The summed E-state index contributed by atoms with van der Waals surface area (Å²) in [6.45, 7) is 0. The van der Waals surface area contributed by atoms with Gasteiger partial charge in [-0.2, -0.15) is 5.10 Å². The molecular formula is C12H12ClF2N3. The second-order valence-corrected chi connectivity index (χ2v) is 4.49. The van der Waals surface area contributed by atoms with Gasteiger partial charge in [-0.25, -0.2) is 8.78 Å². The van der Waals surface area contributed by atoms with E-state index < -0.39 is 17.7 Å². The van der Waals surface area contributed by atoms with Crippen molar-refractivity contribution in [1.82, 2.24) is 9.78 Å². The molecule has 3 nitrogen and oxygen atoms in total. The first kappa shape index (κ1) is 13.0. The summed E-state index contributed by atoms with van der Waals surface area (Å²) in [5.74, 6) is -1.28. The van der Waals surface area contributed by atoms with Crippen molar-refractivity contribution >= 4 is 11.6 Å². The molecule has 6 heteroatoms. The molecule has 0 aliphatic rings. The van der Waals surface area contributed by atoms with Crippen molar-refractivity contribution in [3.8, 4) is 0 Å². The highest BCUT2D eigenvalue weighted by Gasteiger charge is 2.16. The summed E-state index contributed by atoms with van der Waals surface area (Å²) in [6, 6.07) is 3.09. The van der Waals surface area contributed by atoms with Gasteiger partial charge in [0.15, 0.2) is 0 Å². The molecule has 0 saturated heterocycles. The van der Waals surface area contributed by atoms with Gasteiger partial charge < -0.3 is 5.73 Å². The molecule has 1 aromatic carbocycles. The van der Waals surface area contributed by atoms with E-state index in [9.17, 15) is 8.78 Å². The molecule has 1 aromatic heterocycles. The molecule has 18 heavy (non-hydrogen) atoms. The zero-order valence-corrected chi connectivity index (χ0v) is 10.5. The average molecular weight is 272 g/mol. The van der Waals surface area contributed by atoms with Gasteiger partial charge in [-0.1, -0.05) is 11.6 Å². The molecule has 0 aliphatic heterocycles. The highest BCUT2D eigenvalue weighted by molar-refractivity contribution is 6.30. The summed E-state index contributed by atoms with van der Waals surface area (Å²) in [5.41, 5.74) is 6.68. The quantitative estimate of drug-likeness (QED) is 0.872. The van der Waals surface area contributed by atoms with Crippen molar-refractivity contribution in [2.24, 2.45) is 12.8 Å². The van der Waals surface area contributed by atoms with E-state index in [2.05, 4.69) is 5.10 Å². The van der Waals surface area contributed by atoms with Crippen LogP contribution in [0.4, 0.5) is 8.78 Å². The number of benzene rings is 1. The summed E-state index contributed by atoms with van der Waals surface area (Å²) in [7, 11) is 1.78. The van der Waals surface area contributed by atoms with Crippen LogP contribution in [0, 0.1) is 11.6 Å². The van der Waals surface area contributed by atoms with Crippen LogP contribution in [-0.4, -0.2) is 9.78 Å². The first-order chi connectivity index (χ1) is 8.47. The van der Waals surface area contributed by atoms with E-state index in [0.717, 1.165) is 17.8 Å². The molecule has 0 aliphatic carbocycles. The lowest BCUT2D eigenvalue weighted by molar-refractivity contribution is 0.558. The van der Waals surface area contributed by atoms with Crippen LogP contribution in [0.3, 0.4) is 0 Å². The topological polar surface area (TPSA) is 43.8 Å². The molecule has 96 valence electrons. The minimum absolute atomic E-state index is 0.0996. The van der Waals surface area contributed by atoms with Crippen molar-refractivity contribution in [3.05, 3.63) is 52.3 Å². The molecule has 2 aromatic rings. The summed E-state index contributed by atoms with van der Waals surface area (Å²) in [4.78, 5) is 0. The highest BCUT2D eigenvalue weighted by atomic mass is 35.5. The van der Waals surface area contributed by atoms with E-state index in [1.54, 1.807) is 24.0 Å². The first-order valence-corrected chi connectivity index (χ1v) is 5.73. The molecule has 2 rings (SSSR count). The monoisotopic (exact) mass is 271 g/mol. The average Bonchev–Trinajstić information content (AvgIpc) is 2.69. The SMILES string of the molecule is Cn1ccc(CC(N)c2cc(F)c(Cl)cc2F)n1. The predicted molar refractivity (Wildman–Crippen MR) is 65.2 cm³/mol. The van der Waals surface area contributed by atoms with Crippen molar-refractivity contribution in [2.45, 2.75) is 12.5 Å². The second kappa shape index (κ2) is 5.04. The van der Waals surface area contributed by atoms with Crippen LogP contribution in [0.1, 0.15) is 17.3 Å². The zero-order valence-electron chi connectivity index (χ0n) is 9.70. The Hall–Kier alpha value is -1.46. The van der Waals surface area contributed by atoms with Gasteiger partial charge in [-0.05, 0) is 18.2 Å². The van der Waals surface area contributed by atoms with E-state index in [0.29, 0.717) is 6.42 Å². The van der Waals surface area contributed by atoms with E-state index in [1.165, 1.54) is 0 Å². The van der Waals surface area contributed by atoms with Gasteiger partial charge in [-0.15, -0.1) is 0 Å². The number of aryl methyl sites for hydroxylation is 1. The van der Waals surface area contributed by atoms with Crippen LogP contribution >= 0.6 is 11.6 Å². The van der Waals surface area contributed by atoms with Gasteiger partial charge in [-0.3, -0.25) is 4.68 Å². The Bertz CT molecular complexity index is 568. The Morgan fingerprint density at radius 3 is 2.72 bits per heavy atom. The maximum Gasteiger partial charge on any atom is 0.142 e. The zero-order chi connectivity index (χ0) is 13.3. The van der Waals surface area contributed by atoms with Crippen molar-refractivity contribution in [1.29, 1.82) is 0 Å². The molecule has 0 radical (unpaired) electrons. The minimum atomic E-state index is -0.676. The number of nitrogens with two attached hydrogens (primary N) is 1. The Kier molecular flexibility index (Phi) is 3.63. The van der Waals surface area contributed by atoms with E-state index in [4.69, 9.17) is 17.3 Å². The van der Waals surface area contributed by atoms with E-state index in [1.807, 2.05) is 0 Å². The first-order valence-electron chi connectivity index (χ1n) is 5.36. The van der Waals surface area contributed by atoms with Crippen LogP contribution in [0.2, 0.25) is 5.02 Å². The Morgan fingerprint density at radius 2 is 2.11 bits per heavy atom. The normalized spacial score (nSPS) is 12.7. The Labute approximate surface area is 108 Å². The van der Waals surface area contributed by atoms with Crippen LogP contribution in [0.15, 0.2) is 24.4 Å². The van der Waals surface area contributed by atoms with E-state index in [-0.39, 0.29) is 10.6 Å². The molecule has 0 spiro atoms. The van der Waals surface area contributed by atoms with Crippen LogP contribution in [-0.2, 0) is 13.5 Å². The number of halogens is 3. The minimum Gasteiger partial charge on any atom is -0.324 e. The molecule has 1 unspecified atom stereocenters. The summed E-state index contributed by atoms with van der Waals surface area (Å²) in [5, 5.41) is 3.89. The molecule has 0 amide bonds. The smallest absolute Gasteiger partial charge is 0.142 e. The maximum absolute atomic E-state index is 13.6. The lowest BCUT2D eigenvalue weighted by atomic mass is 10.0. The van der Waals surface area contributed by atoms with Gasteiger partial charge in [0.1, 0.15) is 11.6 Å². The molecule has 2 N–H and O–H groups in total. The van der Waals surface area contributed by atoms with Gasteiger partial charge in [0, 0.05) is 31.3 Å². The largest absolute Gasteiger partial charge is 0.324 e. The van der Waals surface area contributed by atoms with Crippen LogP contribution < -0.4 is 5.73 Å². The molecular weight excluding hydrogens is 260 g/mol. The standard InChI is InChI=1S/C12H12ClF2N3/c1-18-3-2-7(17-18)4-12(16)8-5-11(15)9(13)6-10(8)14/h2-3,5-6,12H,4,16H2,1H3. The fourth-order valence-electron chi connectivity index (χ4n) is 1.73. The van der Waals surface area contributed by atoms with Gasteiger partial charge >= 0.3 is 0 Å². The fraction of sp³-hybridized carbons (Fsp3) is 0.250. The van der Waals surface area contributed by atoms with Crippen molar-refractivity contribution in [3.63, 3.8) is 0 Å². The third-order valence-electron chi connectivity index (χ3n) is 2.64. The molecule has 0 fully saturated rings. The predicted octanol–water partition coefficient (Wildman–Crippen LogP) is 2.59. The number of nitrogens with zero attached hydrogens (tertiary/aromatic N) is 2.